The van der Waals surface area contributed by atoms with Crippen LogP contribution in [0.1, 0.15) is 6.92 Å². The Bertz CT molecular complexity index is 635. The first-order chi connectivity index (χ1) is 10.5. The summed E-state index contributed by atoms with van der Waals surface area (Å²) < 4.78 is 9.36. The number of amides is 1. The highest BCUT2D eigenvalue weighted by molar-refractivity contribution is 6.07. The third-order valence-corrected chi connectivity index (χ3v) is 3.72. The van der Waals surface area contributed by atoms with Crippen molar-refractivity contribution in [2.24, 2.45) is 11.8 Å². The van der Waals surface area contributed by atoms with Crippen LogP contribution in [0.5, 0.6) is 0 Å². The normalized spacial score (nSPS) is 20.0. The van der Waals surface area contributed by atoms with Gasteiger partial charge in [-0.1, -0.05) is 18.2 Å². The molecule has 22 heavy (non-hydrogen) atoms. The highest BCUT2D eigenvalue weighted by Gasteiger charge is 2.51. The Morgan fingerprint density at radius 3 is 2.18 bits per heavy atom. The van der Waals surface area contributed by atoms with Gasteiger partial charge in [-0.2, -0.15) is 0 Å². The van der Waals surface area contributed by atoms with Crippen molar-refractivity contribution in [3.8, 4) is 0 Å². The number of anilines is 1. The first-order valence-electron chi connectivity index (χ1n) is 6.74. The second kappa shape index (κ2) is 6.43. The molecule has 0 unspecified atom stereocenters. The van der Waals surface area contributed by atoms with E-state index in [9.17, 15) is 14.4 Å². The number of benzene rings is 1. The Morgan fingerprint density at radius 2 is 1.64 bits per heavy atom. The standard InChI is InChI=1S/C16H17NO5/c1-9-11(14(18)17-10-7-5-4-6-8-10)13(16(20)22-3)12(9)15(19)21-2/h4-8,11,13H,1-3H3,(H,17,18)/t11-,13+/m1/s1. The summed E-state index contributed by atoms with van der Waals surface area (Å²) >= 11 is 0. The summed E-state index contributed by atoms with van der Waals surface area (Å²) in [4.78, 5) is 36.0. The molecule has 0 fully saturated rings. The van der Waals surface area contributed by atoms with Crippen molar-refractivity contribution < 1.29 is 23.9 Å². The lowest BCUT2D eigenvalue weighted by molar-refractivity contribution is -0.152. The number of para-hydroxylation sites is 1. The number of methoxy groups -OCH3 is 2. The monoisotopic (exact) mass is 303 g/mol. The van der Waals surface area contributed by atoms with Gasteiger partial charge in [-0.15, -0.1) is 0 Å². The molecule has 0 bridgehead atoms. The van der Waals surface area contributed by atoms with Crippen molar-refractivity contribution in [1.82, 2.24) is 0 Å². The van der Waals surface area contributed by atoms with Gasteiger partial charge in [-0.25, -0.2) is 4.79 Å². The molecule has 2 rings (SSSR count). The second-order valence-corrected chi connectivity index (χ2v) is 4.92. The van der Waals surface area contributed by atoms with Crippen molar-refractivity contribution in [2.45, 2.75) is 6.92 Å². The molecule has 6 nitrogen and oxygen atoms in total. The Hall–Kier alpha value is -2.63. The van der Waals surface area contributed by atoms with Gasteiger partial charge in [-0.05, 0) is 24.6 Å². The van der Waals surface area contributed by atoms with Crippen LogP contribution in [0, 0.1) is 11.8 Å². The summed E-state index contributed by atoms with van der Waals surface area (Å²) in [5, 5.41) is 2.73. The molecule has 6 heteroatoms. The predicted molar refractivity (Wildman–Crippen MR) is 78.8 cm³/mol. The summed E-state index contributed by atoms with van der Waals surface area (Å²) in [7, 11) is 2.45. The lowest BCUT2D eigenvalue weighted by Crippen LogP contribution is -2.46. The van der Waals surface area contributed by atoms with E-state index >= 15 is 0 Å². The number of nitrogens with one attached hydrogen (secondary N) is 1. The number of carbonyl (C=O) groups is 3. The van der Waals surface area contributed by atoms with E-state index in [1.54, 1.807) is 31.2 Å². The van der Waals surface area contributed by atoms with Crippen molar-refractivity contribution in [3.05, 3.63) is 41.5 Å². The number of rotatable bonds is 4. The molecule has 2 atom stereocenters. The number of esters is 2. The highest BCUT2D eigenvalue weighted by Crippen LogP contribution is 2.42. The molecule has 0 saturated carbocycles. The fourth-order valence-corrected chi connectivity index (χ4v) is 2.60. The van der Waals surface area contributed by atoms with Crippen LogP contribution < -0.4 is 5.32 Å². The fourth-order valence-electron chi connectivity index (χ4n) is 2.60. The molecule has 1 N–H and O–H groups in total. The molecule has 0 aromatic heterocycles. The van der Waals surface area contributed by atoms with Crippen LogP contribution in [0.2, 0.25) is 0 Å². The van der Waals surface area contributed by atoms with Gasteiger partial charge in [0.05, 0.1) is 25.7 Å². The van der Waals surface area contributed by atoms with Gasteiger partial charge >= 0.3 is 11.9 Å². The van der Waals surface area contributed by atoms with Crippen LogP contribution in [0.3, 0.4) is 0 Å². The van der Waals surface area contributed by atoms with Gasteiger partial charge in [0, 0.05) is 5.69 Å². The third-order valence-electron chi connectivity index (χ3n) is 3.72. The zero-order valence-electron chi connectivity index (χ0n) is 12.6. The van der Waals surface area contributed by atoms with E-state index in [1.165, 1.54) is 14.2 Å². The van der Waals surface area contributed by atoms with E-state index in [2.05, 4.69) is 10.1 Å². The van der Waals surface area contributed by atoms with E-state index in [0.29, 0.717) is 11.3 Å². The molecule has 116 valence electrons. The fraction of sp³-hybridized carbons (Fsp3) is 0.312. The zero-order chi connectivity index (χ0) is 16.3. The van der Waals surface area contributed by atoms with Crippen LogP contribution in [-0.2, 0) is 23.9 Å². The van der Waals surface area contributed by atoms with Crippen molar-refractivity contribution in [1.29, 1.82) is 0 Å². The Balaban J connectivity index is 2.25. The second-order valence-electron chi connectivity index (χ2n) is 4.92. The van der Waals surface area contributed by atoms with Crippen LogP contribution in [-0.4, -0.2) is 32.1 Å². The predicted octanol–water partition coefficient (Wildman–Crippen LogP) is 1.53. The molecule has 1 aromatic rings. The molecule has 0 saturated heterocycles. The SMILES string of the molecule is COC(=O)C1=C(C)[C@@H](C(=O)Nc2ccccc2)[C@@H]1C(=O)OC. The molecule has 1 aliphatic carbocycles. The van der Waals surface area contributed by atoms with Crippen molar-refractivity contribution in [2.75, 3.05) is 19.5 Å². The maximum absolute atomic E-state index is 12.4. The molecule has 1 amide bonds. The van der Waals surface area contributed by atoms with E-state index < -0.39 is 23.8 Å². The quantitative estimate of drug-likeness (QED) is 0.853. The minimum atomic E-state index is -0.929. The summed E-state index contributed by atoms with van der Waals surface area (Å²) in [5.74, 6) is -3.26. The van der Waals surface area contributed by atoms with Gasteiger partial charge in [-0.3, -0.25) is 9.59 Å². The summed E-state index contributed by atoms with van der Waals surface area (Å²) in [6, 6.07) is 8.89. The average molecular weight is 303 g/mol. The van der Waals surface area contributed by atoms with E-state index in [4.69, 9.17) is 4.74 Å². The molecular formula is C16H17NO5. The van der Waals surface area contributed by atoms with Gasteiger partial charge in [0.1, 0.15) is 5.92 Å². The molecule has 1 aromatic carbocycles. The highest BCUT2D eigenvalue weighted by atomic mass is 16.5. The maximum atomic E-state index is 12.4. The smallest absolute Gasteiger partial charge is 0.334 e. The van der Waals surface area contributed by atoms with Gasteiger partial charge < -0.3 is 14.8 Å². The molecular weight excluding hydrogens is 286 g/mol. The lowest BCUT2D eigenvalue weighted by Gasteiger charge is -2.36. The van der Waals surface area contributed by atoms with Crippen LogP contribution in [0.25, 0.3) is 0 Å². The minimum absolute atomic E-state index is 0.197. The van der Waals surface area contributed by atoms with Crippen molar-refractivity contribution in [3.63, 3.8) is 0 Å². The molecule has 0 aliphatic heterocycles. The van der Waals surface area contributed by atoms with Crippen LogP contribution >= 0.6 is 0 Å². The van der Waals surface area contributed by atoms with Crippen LogP contribution in [0.4, 0.5) is 5.69 Å². The number of hydrogen-bond acceptors (Lipinski definition) is 5. The lowest BCUT2D eigenvalue weighted by atomic mass is 9.67. The number of ether oxygens (including phenoxy) is 2. The largest absolute Gasteiger partial charge is 0.469 e. The van der Waals surface area contributed by atoms with Gasteiger partial charge in [0.15, 0.2) is 0 Å². The minimum Gasteiger partial charge on any atom is -0.469 e. The van der Waals surface area contributed by atoms with E-state index in [1.807, 2.05) is 6.07 Å². The average Bonchev–Trinajstić information content (AvgIpc) is 2.52. The third kappa shape index (κ3) is 2.72. The topological polar surface area (TPSA) is 81.7 Å². The summed E-state index contributed by atoms with van der Waals surface area (Å²) in [6.07, 6.45) is 0. The first-order valence-corrected chi connectivity index (χ1v) is 6.74. The molecule has 0 radical (unpaired) electrons. The Morgan fingerprint density at radius 1 is 1.00 bits per heavy atom. The number of hydrogen-bond donors (Lipinski definition) is 1. The van der Waals surface area contributed by atoms with Crippen LogP contribution in [0.15, 0.2) is 41.5 Å². The molecule has 0 spiro atoms. The van der Waals surface area contributed by atoms with Crippen molar-refractivity contribution >= 4 is 23.5 Å². The van der Waals surface area contributed by atoms with E-state index in [0.717, 1.165) is 0 Å². The zero-order valence-corrected chi connectivity index (χ0v) is 12.6. The van der Waals surface area contributed by atoms with Gasteiger partial charge in [0.25, 0.3) is 0 Å². The first kappa shape index (κ1) is 15.8. The Kier molecular flexibility index (Phi) is 4.60. The van der Waals surface area contributed by atoms with Gasteiger partial charge in [0.2, 0.25) is 5.91 Å². The molecule has 1 aliphatic rings. The maximum Gasteiger partial charge on any atom is 0.334 e. The Labute approximate surface area is 128 Å². The van der Waals surface area contributed by atoms with E-state index in [-0.39, 0.29) is 11.5 Å². The summed E-state index contributed by atoms with van der Waals surface area (Å²) in [6.45, 7) is 1.64. The molecule has 0 heterocycles. The summed E-state index contributed by atoms with van der Waals surface area (Å²) in [5.41, 5.74) is 1.34. The number of carbonyl (C=O) groups excluding carboxylic acids is 3.